The van der Waals surface area contributed by atoms with Gasteiger partial charge in [0.25, 0.3) is 0 Å². The molecule has 1 unspecified atom stereocenters. The van der Waals surface area contributed by atoms with Crippen molar-refractivity contribution in [2.24, 2.45) is 0 Å². The van der Waals surface area contributed by atoms with Gasteiger partial charge in [-0.15, -0.1) is 0 Å². The molecule has 3 heteroatoms. The molecule has 0 saturated heterocycles. The molecule has 0 spiro atoms. The fraction of sp³-hybridized carbons (Fsp3) is 0.294. The van der Waals surface area contributed by atoms with E-state index < -0.39 is 0 Å². The molecule has 0 aliphatic carbocycles. The van der Waals surface area contributed by atoms with Gasteiger partial charge in [0.15, 0.2) is 0 Å². The van der Waals surface area contributed by atoms with E-state index in [2.05, 4.69) is 64.6 Å². The SMILES string of the molecule is CCCNC(c1ccc(OC)cc1)c1cccc(Br)c1. The molecule has 2 aromatic carbocycles. The second-order valence-electron chi connectivity index (χ2n) is 4.72. The Bertz CT molecular complexity index is 539. The highest BCUT2D eigenvalue weighted by molar-refractivity contribution is 9.10. The highest BCUT2D eigenvalue weighted by Gasteiger charge is 2.13. The normalized spacial score (nSPS) is 12.2. The van der Waals surface area contributed by atoms with Crippen molar-refractivity contribution in [3.63, 3.8) is 0 Å². The van der Waals surface area contributed by atoms with Gasteiger partial charge in [-0.3, -0.25) is 0 Å². The van der Waals surface area contributed by atoms with Crippen LogP contribution in [0.5, 0.6) is 5.75 Å². The van der Waals surface area contributed by atoms with E-state index in [1.54, 1.807) is 7.11 Å². The maximum Gasteiger partial charge on any atom is 0.118 e. The van der Waals surface area contributed by atoms with Gasteiger partial charge in [-0.25, -0.2) is 0 Å². The molecule has 2 rings (SSSR count). The van der Waals surface area contributed by atoms with Crippen molar-refractivity contribution in [1.29, 1.82) is 0 Å². The lowest BCUT2D eigenvalue weighted by molar-refractivity contribution is 0.414. The molecule has 0 saturated carbocycles. The number of nitrogens with one attached hydrogen (secondary N) is 1. The maximum atomic E-state index is 5.23. The molecule has 0 radical (unpaired) electrons. The second kappa shape index (κ2) is 7.46. The summed E-state index contributed by atoms with van der Waals surface area (Å²) in [5.74, 6) is 0.886. The van der Waals surface area contributed by atoms with Gasteiger partial charge in [0.2, 0.25) is 0 Å². The molecule has 0 fully saturated rings. The van der Waals surface area contributed by atoms with E-state index in [-0.39, 0.29) is 6.04 Å². The molecule has 1 atom stereocenters. The van der Waals surface area contributed by atoms with Gasteiger partial charge in [-0.1, -0.05) is 47.1 Å². The minimum atomic E-state index is 0.207. The largest absolute Gasteiger partial charge is 0.497 e. The van der Waals surface area contributed by atoms with Gasteiger partial charge < -0.3 is 10.1 Å². The van der Waals surface area contributed by atoms with E-state index in [0.717, 1.165) is 23.2 Å². The van der Waals surface area contributed by atoms with Crippen molar-refractivity contribution in [3.8, 4) is 5.75 Å². The Balaban J connectivity index is 2.30. The number of hydrogen-bond acceptors (Lipinski definition) is 2. The zero-order chi connectivity index (χ0) is 14.4. The Labute approximate surface area is 129 Å². The van der Waals surface area contributed by atoms with Crippen LogP contribution in [0.2, 0.25) is 0 Å². The van der Waals surface area contributed by atoms with Crippen LogP contribution in [0.4, 0.5) is 0 Å². The Morgan fingerprint density at radius 3 is 2.45 bits per heavy atom. The van der Waals surface area contributed by atoms with Crippen LogP contribution in [0.1, 0.15) is 30.5 Å². The van der Waals surface area contributed by atoms with Gasteiger partial charge in [0.05, 0.1) is 13.2 Å². The molecule has 2 aromatic rings. The zero-order valence-corrected chi connectivity index (χ0v) is 13.5. The van der Waals surface area contributed by atoms with Crippen LogP contribution in [0.3, 0.4) is 0 Å². The summed E-state index contributed by atoms with van der Waals surface area (Å²) in [4.78, 5) is 0. The topological polar surface area (TPSA) is 21.3 Å². The average Bonchev–Trinajstić information content (AvgIpc) is 2.48. The number of benzene rings is 2. The van der Waals surface area contributed by atoms with Crippen molar-refractivity contribution >= 4 is 15.9 Å². The number of rotatable bonds is 6. The molecule has 1 N–H and O–H groups in total. The number of halogens is 1. The molecule has 106 valence electrons. The predicted molar refractivity (Wildman–Crippen MR) is 87.3 cm³/mol. The molecular weight excluding hydrogens is 314 g/mol. The molecule has 0 heterocycles. The summed E-state index contributed by atoms with van der Waals surface area (Å²) in [5, 5.41) is 3.61. The first kappa shape index (κ1) is 15.1. The monoisotopic (exact) mass is 333 g/mol. The van der Waals surface area contributed by atoms with E-state index in [4.69, 9.17) is 4.74 Å². The molecule has 0 aromatic heterocycles. The lowest BCUT2D eigenvalue weighted by Gasteiger charge is -2.20. The fourth-order valence-electron chi connectivity index (χ4n) is 2.20. The molecule has 0 aliphatic heterocycles. The lowest BCUT2D eigenvalue weighted by Crippen LogP contribution is -2.23. The summed E-state index contributed by atoms with van der Waals surface area (Å²) in [6, 6.07) is 16.9. The first-order chi connectivity index (χ1) is 9.74. The number of methoxy groups -OCH3 is 1. The van der Waals surface area contributed by atoms with Crippen molar-refractivity contribution < 1.29 is 4.74 Å². The third-order valence-electron chi connectivity index (χ3n) is 3.23. The van der Waals surface area contributed by atoms with Gasteiger partial charge in [-0.05, 0) is 48.4 Å². The van der Waals surface area contributed by atoms with Crippen LogP contribution in [0, 0.1) is 0 Å². The average molecular weight is 334 g/mol. The zero-order valence-electron chi connectivity index (χ0n) is 11.9. The standard InChI is InChI=1S/C17H20BrNO/c1-3-11-19-17(14-5-4-6-15(18)12-14)13-7-9-16(20-2)10-8-13/h4-10,12,17,19H,3,11H2,1-2H3. The molecule has 2 nitrogen and oxygen atoms in total. The lowest BCUT2D eigenvalue weighted by atomic mass is 9.98. The summed E-state index contributed by atoms with van der Waals surface area (Å²) >= 11 is 3.55. The van der Waals surface area contributed by atoms with Gasteiger partial charge >= 0.3 is 0 Å². The number of hydrogen-bond donors (Lipinski definition) is 1. The van der Waals surface area contributed by atoms with Crippen molar-refractivity contribution in [1.82, 2.24) is 5.32 Å². The van der Waals surface area contributed by atoms with Crippen LogP contribution in [-0.2, 0) is 0 Å². The number of ether oxygens (including phenoxy) is 1. The minimum Gasteiger partial charge on any atom is -0.497 e. The Hall–Kier alpha value is -1.32. The van der Waals surface area contributed by atoms with E-state index in [9.17, 15) is 0 Å². The van der Waals surface area contributed by atoms with Crippen LogP contribution in [0.15, 0.2) is 53.0 Å². The Kier molecular flexibility index (Phi) is 5.62. The van der Waals surface area contributed by atoms with Crippen molar-refractivity contribution in [3.05, 3.63) is 64.1 Å². The van der Waals surface area contributed by atoms with E-state index in [0.29, 0.717) is 0 Å². The van der Waals surface area contributed by atoms with E-state index >= 15 is 0 Å². The van der Waals surface area contributed by atoms with Crippen molar-refractivity contribution in [2.75, 3.05) is 13.7 Å². The van der Waals surface area contributed by atoms with Gasteiger partial charge in [0.1, 0.15) is 5.75 Å². The third-order valence-corrected chi connectivity index (χ3v) is 3.72. The Morgan fingerprint density at radius 2 is 1.85 bits per heavy atom. The van der Waals surface area contributed by atoms with Gasteiger partial charge in [0, 0.05) is 4.47 Å². The van der Waals surface area contributed by atoms with Crippen molar-refractivity contribution in [2.45, 2.75) is 19.4 Å². The second-order valence-corrected chi connectivity index (χ2v) is 5.63. The summed E-state index contributed by atoms with van der Waals surface area (Å²) in [6.45, 7) is 3.17. The summed E-state index contributed by atoms with van der Waals surface area (Å²) < 4.78 is 6.33. The first-order valence-electron chi connectivity index (χ1n) is 6.87. The molecule has 0 aliphatic rings. The first-order valence-corrected chi connectivity index (χ1v) is 7.66. The summed E-state index contributed by atoms with van der Waals surface area (Å²) in [6.07, 6.45) is 1.11. The molecule has 20 heavy (non-hydrogen) atoms. The van der Waals surface area contributed by atoms with Gasteiger partial charge in [-0.2, -0.15) is 0 Å². The third kappa shape index (κ3) is 3.84. The van der Waals surface area contributed by atoms with Crippen LogP contribution >= 0.6 is 15.9 Å². The predicted octanol–water partition coefficient (Wildman–Crippen LogP) is 4.55. The maximum absolute atomic E-state index is 5.23. The minimum absolute atomic E-state index is 0.207. The summed E-state index contributed by atoms with van der Waals surface area (Å²) in [5.41, 5.74) is 2.51. The fourth-order valence-corrected chi connectivity index (χ4v) is 2.62. The van der Waals surface area contributed by atoms with Crippen LogP contribution in [0.25, 0.3) is 0 Å². The molecule has 0 bridgehead atoms. The highest BCUT2D eigenvalue weighted by Crippen LogP contribution is 2.26. The quantitative estimate of drug-likeness (QED) is 0.837. The molecular formula is C17H20BrNO. The summed E-state index contributed by atoms with van der Waals surface area (Å²) in [7, 11) is 1.69. The Morgan fingerprint density at radius 1 is 1.10 bits per heavy atom. The van der Waals surface area contributed by atoms with E-state index in [1.165, 1.54) is 11.1 Å². The van der Waals surface area contributed by atoms with E-state index in [1.807, 2.05) is 12.1 Å². The highest BCUT2D eigenvalue weighted by atomic mass is 79.9. The van der Waals surface area contributed by atoms with Crippen LogP contribution < -0.4 is 10.1 Å². The smallest absolute Gasteiger partial charge is 0.118 e. The molecule has 0 amide bonds. The van der Waals surface area contributed by atoms with Crippen LogP contribution in [-0.4, -0.2) is 13.7 Å².